The summed E-state index contributed by atoms with van der Waals surface area (Å²) in [5.41, 5.74) is 2.24. The zero-order valence-electron chi connectivity index (χ0n) is 9.54. The third kappa shape index (κ3) is 1.78. The second-order valence-corrected chi connectivity index (χ2v) is 4.31. The van der Waals surface area contributed by atoms with E-state index in [-0.39, 0.29) is 17.6 Å². The average molecular weight is 244 g/mol. The van der Waals surface area contributed by atoms with Gasteiger partial charge in [-0.3, -0.25) is 4.79 Å². The third-order valence-electron chi connectivity index (χ3n) is 3.16. The first-order valence-electron chi connectivity index (χ1n) is 5.73. The molecule has 0 bridgehead atoms. The fraction of sp³-hybridized carbons (Fsp3) is 0.231. The highest BCUT2D eigenvalue weighted by Gasteiger charge is 2.32. The second-order valence-electron chi connectivity index (χ2n) is 4.31. The van der Waals surface area contributed by atoms with Crippen molar-refractivity contribution in [1.29, 1.82) is 0 Å². The Kier molecular flexibility index (Phi) is 2.60. The molecule has 5 heteroatoms. The van der Waals surface area contributed by atoms with Gasteiger partial charge in [-0.25, -0.2) is 0 Å². The lowest BCUT2D eigenvalue weighted by Crippen LogP contribution is -2.34. The molecule has 1 aliphatic rings. The number of carbonyl (C=O) groups excluding carboxylic acids is 1. The van der Waals surface area contributed by atoms with Crippen LogP contribution in [0, 0.1) is 0 Å². The molecule has 0 aliphatic heterocycles. The predicted molar refractivity (Wildman–Crippen MR) is 62.9 cm³/mol. The van der Waals surface area contributed by atoms with E-state index in [0.29, 0.717) is 6.42 Å². The number of amides is 1. The molecule has 0 spiro atoms. The summed E-state index contributed by atoms with van der Waals surface area (Å²) in [6.07, 6.45) is 1.30. The highest BCUT2D eigenvalue weighted by atomic mass is 16.5. The first-order chi connectivity index (χ1) is 8.75. The van der Waals surface area contributed by atoms with Crippen LogP contribution in [0.15, 0.2) is 41.1 Å². The summed E-state index contributed by atoms with van der Waals surface area (Å²) >= 11 is 0. The molecule has 2 aromatic rings. The molecule has 18 heavy (non-hydrogen) atoms. The van der Waals surface area contributed by atoms with Crippen molar-refractivity contribution in [3.63, 3.8) is 0 Å². The van der Waals surface area contributed by atoms with Crippen molar-refractivity contribution in [1.82, 2.24) is 10.5 Å². The number of nitrogens with one attached hydrogen (secondary N) is 1. The maximum atomic E-state index is 11.9. The van der Waals surface area contributed by atoms with E-state index in [9.17, 15) is 9.90 Å². The molecule has 0 saturated heterocycles. The molecule has 1 aromatic carbocycles. The summed E-state index contributed by atoms with van der Waals surface area (Å²) in [4.78, 5) is 11.9. The summed E-state index contributed by atoms with van der Waals surface area (Å²) in [5.74, 6) is -0.343. The van der Waals surface area contributed by atoms with Gasteiger partial charge in [0.15, 0.2) is 5.69 Å². The van der Waals surface area contributed by atoms with Crippen molar-refractivity contribution in [3.8, 4) is 0 Å². The van der Waals surface area contributed by atoms with E-state index in [1.54, 1.807) is 0 Å². The van der Waals surface area contributed by atoms with Gasteiger partial charge in [-0.15, -0.1) is 0 Å². The monoisotopic (exact) mass is 244 g/mol. The van der Waals surface area contributed by atoms with Crippen molar-refractivity contribution in [2.24, 2.45) is 0 Å². The van der Waals surface area contributed by atoms with E-state index in [4.69, 9.17) is 0 Å². The smallest absolute Gasteiger partial charge is 0.274 e. The standard InChI is InChI=1S/C13H12N2O3/c16-11-7-8-3-1-2-4-9(8)12(11)14-13(17)10-5-6-18-15-10/h1-6,11-12,16H,7H2,(H,14,17)/t11-,12+/m1/s1. The lowest BCUT2D eigenvalue weighted by molar-refractivity contribution is 0.0849. The number of hydrogen-bond acceptors (Lipinski definition) is 4. The maximum absolute atomic E-state index is 11.9. The number of aromatic nitrogens is 1. The fourth-order valence-electron chi connectivity index (χ4n) is 2.29. The number of carbonyl (C=O) groups is 1. The minimum absolute atomic E-state index is 0.214. The number of hydrogen-bond donors (Lipinski definition) is 2. The average Bonchev–Trinajstić information content (AvgIpc) is 2.98. The number of nitrogens with zero attached hydrogens (tertiary/aromatic N) is 1. The van der Waals surface area contributed by atoms with Gasteiger partial charge in [0, 0.05) is 12.5 Å². The predicted octanol–water partition coefficient (Wildman–Crippen LogP) is 1.06. The summed E-state index contributed by atoms with van der Waals surface area (Å²) in [7, 11) is 0. The maximum Gasteiger partial charge on any atom is 0.274 e. The molecule has 1 amide bonds. The number of benzene rings is 1. The SMILES string of the molecule is O=C(N[C@H]1c2ccccc2C[C@H]1O)c1ccon1. The Balaban J connectivity index is 1.83. The van der Waals surface area contributed by atoms with Crippen molar-refractivity contribution >= 4 is 5.91 Å². The molecule has 1 aliphatic carbocycles. The Bertz CT molecular complexity index is 565. The molecule has 5 nitrogen and oxygen atoms in total. The fourth-order valence-corrected chi connectivity index (χ4v) is 2.29. The number of aliphatic hydroxyl groups excluding tert-OH is 1. The van der Waals surface area contributed by atoms with E-state index in [1.807, 2.05) is 24.3 Å². The molecule has 0 fully saturated rings. The Morgan fingerprint density at radius 2 is 2.22 bits per heavy atom. The lowest BCUT2D eigenvalue weighted by atomic mass is 10.1. The van der Waals surface area contributed by atoms with Gasteiger partial charge in [-0.1, -0.05) is 29.4 Å². The highest BCUT2D eigenvalue weighted by molar-refractivity contribution is 5.92. The number of rotatable bonds is 2. The molecule has 92 valence electrons. The molecule has 0 saturated carbocycles. The summed E-state index contributed by atoms with van der Waals surface area (Å²) in [5, 5.41) is 16.3. The first kappa shape index (κ1) is 11.0. The second kappa shape index (κ2) is 4.27. The van der Waals surface area contributed by atoms with Crippen molar-refractivity contribution in [2.75, 3.05) is 0 Å². The largest absolute Gasteiger partial charge is 0.390 e. The topological polar surface area (TPSA) is 75.4 Å². The van der Waals surface area contributed by atoms with Crippen LogP contribution < -0.4 is 5.32 Å². The molecule has 2 atom stereocenters. The van der Waals surface area contributed by atoms with Crippen LogP contribution in [-0.2, 0) is 6.42 Å². The van der Waals surface area contributed by atoms with Crippen LogP contribution in [0.2, 0.25) is 0 Å². The van der Waals surface area contributed by atoms with Gasteiger partial charge >= 0.3 is 0 Å². The molecule has 0 unspecified atom stereocenters. The normalized spacial score (nSPS) is 21.6. The molecule has 3 rings (SSSR count). The van der Waals surface area contributed by atoms with Crippen LogP contribution in [0.4, 0.5) is 0 Å². The summed E-state index contributed by atoms with van der Waals surface area (Å²) in [6, 6.07) is 8.80. The van der Waals surface area contributed by atoms with Gasteiger partial charge in [-0.05, 0) is 11.1 Å². The first-order valence-corrected chi connectivity index (χ1v) is 5.73. The van der Waals surface area contributed by atoms with E-state index in [1.165, 1.54) is 12.3 Å². The van der Waals surface area contributed by atoms with Gasteiger partial charge in [0.05, 0.1) is 12.1 Å². The van der Waals surface area contributed by atoms with Crippen molar-refractivity contribution < 1.29 is 14.4 Å². The van der Waals surface area contributed by atoms with Gasteiger partial charge in [0.1, 0.15) is 6.26 Å². The Labute approximate surface area is 103 Å². The summed E-state index contributed by atoms with van der Waals surface area (Å²) < 4.78 is 4.62. The van der Waals surface area contributed by atoms with Gasteiger partial charge in [0.25, 0.3) is 5.91 Å². The van der Waals surface area contributed by atoms with E-state index in [0.717, 1.165) is 11.1 Å². The highest BCUT2D eigenvalue weighted by Crippen LogP contribution is 2.31. The van der Waals surface area contributed by atoms with Gasteiger partial charge in [-0.2, -0.15) is 0 Å². The molecule has 2 N–H and O–H groups in total. The van der Waals surface area contributed by atoms with E-state index < -0.39 is 6.10 Å². The van der Waals surface area contributed by atoms with Crippen molar-refractivity contribution in [3.05, 3.63) is 53.4 Å². The Morgan fingerprint density at radius 1 is 1.39 bits per heavy atom. The molecule has 1 heterocycles. The number of aliphatic hydroxyl groups is 1. The van der Waals surface area contributed by atoms with Crippen LogP contribution in [0.3, 0.4) is 0 Å². The van der Waals surface area contributed by atoms with Crippen LogP contribution in [0.5, 0.6) is 0 Å². The van der Waals surface area contributed by atoms with E-state index in [2.05, 4.69) is 15.0 Å². The Hall–Kier alpha value is -2.14. The molecular weight excluding hydrogens is 232 g/mol. The molecule has 0 radical (unpaired) electrons. The van der Waals surface area contributed by atoms with Crippen LogP contribution in [0.25, 0.3) is 0 Å². The van der Waals surface area contributed by atoms with Crippen molar-refractivity contribution in [2.45, 2.75) is 18.6 Å². The van der Waals surface area contributed by atoms with Gasteiger partial charge in [0.2, 0.25) is 0 Å². The number of fused-ring (bicyclic) bond motifs is 1. The van der Waals surface area contributed by atoms with E-state index >= 15 is 0 Å². The van der Waals surface area contributed by atoms with Crippen LogP contribution in [-0.4, -0.2) is 22.3 Å². The molecular formula is C13H12N2O3. The van der Waals surface area contributed by atoms with Crippen LogP contribution in [0.1, 0.15) is 27.7 Å². The third-order valence-corrected chi connectivity index (χ3v) is 3.16. The quantitative estimate of drug-likeness (QED) is 0.828. The lowest BCUT2D eigenvalue weighted by Gasteiger charge is -2.16. The minimum Gasteiger partial charge on any atom is -0.390 e. The summed E-state index contributed by atoms with van der Waals surface area (Å²) in [6.45, 7) is 0. The zero-order chi connectivity index (χ0) is 12.5. The zero-order valence-corrected chi connectivity index (χ0v) is 9.54. The van der Waals surface area contributed by atoms with Crippen LogP contribution >= 0.6 is 0 Å². The minimum atomic E-state index is -0.599. The van der Waals surface area contributed by atoms with Gasteiger partial charge < -0.3 is 14.9 Å². The Morgan fingerprint density at radius 3 is 3.00 bits per heavy atom. The molecule has 1 aromatic heterocycles.